The van der Waals surface area contributed by atoms with Crippen molar-refractivity contribution in [1.29, 1.82) is 0 Å². The summed E-state index contributed by atoms with van der Waals surface area (Å²) >= 11 is 0. The molecule has 0 aliphatic carbocycles. The van der Waals surface area contributed by atoms with Crippen LogP contribution in [0.25, 0.3) is 0 Å². The van der Waals surface area contributed by atoms with Gasteiger partial charge in [-0.05, 0) is 50.4 Å². The zero-order valence-corrected chi connectivity index (χ0v) is 11.4. The molecule has 1 atom stereocenters. The van der Waals surface area contributed by atoms with Gasteiger partial charge in [-0.3, -0.25) is 4.79 Å². The van der Waals surface area contributed by atoms with Crippen LogP contribution >= 0.6 is 0 Å². The lowest BCUT2D eigenvalue weighted by Gasteiger charge is -2.22. The molecule has 1 aromatic carbocycles. The van der Waals surface area contributed by atoms with Crippen molar-refractivity contribution < 1.29 is 14.3 Å². The summed E-state index contributed by atoms with van der Waals surface area (Å²) in [5, 5.41) is 3.35. The summed E-state index contributed by atoms with van der Waals surface area (Å²) in [6, 6.07) is 7.21. The number of rotatable bonds is 5. The Hall–Kier alpha value is -1.55. The summed E-state index contributed by atoms with van der Waals surface area (Å²) in [7, 11) is 1.57. The number of carbonyl (C=O) groups excluding carboxylic acids is 1. The van der Waals surface area contributed by atoms with Gasteiger partial charge in [0.25, 0.3) is 0 Å². The molecule has 1 heterocycles. The molecule has 1 aliphatic rings. The second-order valence-electron chi connectivity index (χ2n) is 4.88. The molecule has 1 aromatic rings. The molecule has 0 aromatic heterocycles. The minimum atomic E-state index is -0.185. The molecule has 19 heavy (non-hydrogen) atoms. The lowest BCUT2D eigenvalue weighted by atomic mass is 9.95. The SMILES string of the molecule is COc1ccccc1OC(=O)CCC1CCCNC1. The van der Waals surface area contributed by atoms with Crippen molar-refractivity contribution >= 4 is 5.97 Å². The number of para-hydroxylation sites is 2. The molecule has 1 fully saturated rings. The maximum Gasteiger partial charge on any atom is 0.311 e. The fourth-order valence-corrected chi connectivity index (χ4v) is 2.37. The Morgan fingerprint density at radius 1 is 1.37 bits per heavy atom. The number of nitrogens with one attached hydrogen (secondary N) is 1. The number of benzene rings is 1. The Labute approximate surface area is 114 Å². The van der Waals surface area contributed by atoms with E-state index in [4.69, 9.17) is 9.47 Å². The van der Waals surface area contributed by atoms with Crippen molar-refractivity contribution in [2.75, 3.05) is 20.2 Å². The largest absolute Gasteiger partial charge is 0.493 e. The zero-order chi connectivity index (χ0) is 13.5. The van der Waals surface area contributed by atoms with E-state index in [0.717, 1.165) is 19.5 Å². The third-order valence-electron chi connectivity index (χ3n) is 3.45. The van der Waals surface area contributed by atoms with Gasteiger partial charge in [0.15, 0.2) is 11.5 Å². The van der Waals surface area contributed by atoms with Gasteiger partial charge >= 0.3 is 5.97 Å². The van der Waals surface area contributed by atoms with E-state index < -0.39 is 0 Å². The summed E-state index contributed by atoms with van der Waals surface area (Å²) in [6.45, 7) is 2.12. The highest BCUT2D eigenvalue weighted by atomic mass is 16.6. The molecule has 104 valence electrons. The first-order chi connectivity index (χ1) is 9.29. The van der Waals surface area contributed by atoms with Crippen LogP contribution in [0.15, 0.2) is 24.3 Å². The predicted octanol–water partition coefficient (Wildman–Crippen LogP) is 2.38. The van der Waals surface area contributed by atoms with Crippen molar-refractivity contribution in [3.8, 4) is 11.5 Å². The van der Waals surface area contributed by atoms with Gasteiger partial charge in [0.2, 0.25) is 0 Å². The highest BCUT2D eigenvalue weighted by molar-refractivity contribution is 5.73. The lowest BCUT2D eigenvalue weighted by Crippen LogP contribution is -2.30. The van der Waals surface area contributed by atoms with Crippen molar-refractivity contribution in [3.63, 3.8) is 0 Å². The van der Waals surface area contributed by atoms with Crippen molar-refractivity contribution in [3.05, 3.63) is 24.3 Å². The average molecular weight is 263 g/mol. The Kier molecular flexibility index (Phi) is 5.21. The first-order valence-corrected chi connectivity index (χ1v) is 6.84. The highest BCUT2D eigenvalue weighted by Crippen LogP contribution is 2.26. The van der Waals surface area contributed by atoms with E-state index in [0.29, 0.717) is 23.8 Å². The molecule has 0 bridgehead atoms. The molecule has 2 rings (SSSR count). The number of hydrogen-bond donors (Lipinski definition) is 1. The number of methoxy groups -OCH3 is 1. The fourth-order valence-electron chi connectivity index (χ4n) is 2.37. The molecule has 0 saturated carbocycles. The van der Waals surface area contributed by atoms with Gasteiger partial charge in [0, 0.05) is 6.42 Å². The minimum absolute atomic E-state index is 0.185. The van der Waals surface area contributed by atoms with E-state index in [1.165, 1.54) is 12.8 Å². The van der Waals surface area contributed by atoms with Crippen LogP contribution < -0.4 is 14.8 Å². The van der Waals surface area contributed by atoms with Gasteiger partial charge in [-0.1, -0.05) is 12.1 Å². The summed E-state index contributed by atoms with van der Waals surface area (Å²) < 4.78 is 10.5. The van der Waals surface area contributed by atoms with Crippen LogP contribution in [0.4, 0.5) is 0 Å². The van der Waals surface area contributed by atoms with E-state index in [1.54, 1.807) is 19.2 Å². The van der Waals surface area contributed by atoms with Crippen LogP contribution in [0.3, 0.4) is 0 Å². The predicted molar refractivity (Wildman–Crippen MR) is 73.5 cm³/mol. The first-order valence-electron chi connectivity index (χ1n) is 6.84. The molecule has 0 radical (unpaired) electrons. The molecule has 1 unspecified atom stereocenters. The fraction of sp³-hybridized carbons (Fsp3) is 0.533. The van der Waals surface area contributed by atoms with Crippen molar-refractivity contribution in [2.24, 2.45) is 5.92 Å². The van der Waals surface area contributed by atoms with Gasteiger partial charge in [-0.25, -0.2) is 0 Å². The van der Waals surface area contributed by atoms with Crippen LogP contribution in [0.2, 0.25) is 0 Å². The Bertz CT molecular complexity index is 414. The highest BCUT2D eigenvalue weighted by Gasteiger charge is 2.16. The summed E-state index contributed by atoms with van der Waals surface area (Å²) in [4.78, 5) is 11.8. The third kappa shape index (κ3) is 4.24. The van der Waals surface area contributed by atoms with E-state index in [1.807, 2.05) is 12.1 Å². The van der Waals surface area contributed by atoms with E-state index in [9.17, 15) is 4.79 Å². The van der Waals surface area contributed by atoms with Gasteiger partial charge in [0.05, 0.1) is 7.11 Å². The van der Waals surface area contributed by atoms with E-state index >= 15 is 0 Å². The lowest BCUT2D eigenvalue weighted by molar-refractivity contribution is -0.134. The molecule has 1 aliphatic heterocycles. The molecule has 4 nitrogen and oxygen atoms in total. The van der Waals surface area contributed by atoms with Gasteiger partial charge in [-0.15, -0.1) is 0 Å². The quantitative estimate of drug-likeness (QED) is 0.654. The van der Waals surface area contributed by atoms with Gasteiger partial charge < -0.3 is 14.8 Å². The summed E-state index contributed by atoms with van der Waals surface area (Å²) in [5.41, 5.74) is 0. The summed E-state index contributed by atoms with van der Waals surface area (Å²) in [5.74, 6) is 1.50. The van der Waals surface area contributed by atoms with Gasteiger partial charge in [-0.2, -0.15) is 0 Å². The minimum Gasteiger partial charge on any atom is -0.493 e. The second kappa shape index (κ2) is 7.14. The zero-order valence-electron chi connectivity index (χ0n) is 11.4. The van der Waals surface area contributed by atoms with Crippen LogP contribution in [0.1, 0.15) is 25.7 Å². The normalized spacial score (nSPS) is 18.9. The Balaban J connectivity index is 1.80. The van der Waals surface area contributed by atoms with E-state index in [-0.39, 0.29) is 5.97 Å². The van der Waals surface area contributed by atoms with Gasteiger partial charge in [0.1, 0.15) is 0 Å². The second-order valence-corrected chi connectivity index (χ2v) is 4.88. The van der Waals surface area contributed by atoms with Crippen molar-refractivity contribution in [2.45, 2.75) is 25.7 Å². The number of carbonyl (C=O) groups is 1. The smallest absolute Gasteiger partial charge is 0.311 e. The molecular formula is C15H21NO3. The van der Waals surface area contributed by atoms with Crippen LogP contribution in [0.5, 0.6) is 11.5 Å². The summed E-state index contributed by atoms with van der Waals surface area (Å²) in [6.07, 6.45) is 3.76. The number of piperidine rings is 1. The first kappa shape index (κ1) is 13.9. The standard InChI is InChI=1S/C15H21NO3/c1-18-13-6-2-3-7-14(13)19-15(17)9-8-12-5-4-10-16-11-12/h2-3,6-7,12,16H,4-5,8-11H2,1H3. The number of esters is 1. The Morgan fingerprint density at radius 3 is 2.84 bits per heavy atom. The molecule has 0 spiro atoms. The van der Waals surface area contributed by atoms with Crippen molar-refractivity contribution in [1.82, 2.24) is 5.32 Å². The average Bonchev–Trinajstić information content (AvgIpc) is 2.47. The molecule has 4 heteroatoms. The topological polar surface area (TPSA) is 47.6 Å². The number of hydrogen-bond acceptors (Lipinski definition) is 4. The van der Waals surface area contributed by atoms with Crippen LogP contribution in [0, 0.1) is 5.92 Å². The monoisotopic (exact) mass is 263 g/mol. The molecule has 1 saturated heterocycles. The van der Waals surface area contributed by atoms with E-state index in [2.05, 4.69) is 5.32 Å². The third-order valence-corrected chi connectivity index (χ3v) is 3.45. The molecule has 0 amide bonds. The van der Waals surface area contributed by atoms with Crippen LogP contribution in [-0.4, -0.2) is 26.2 Å². The van der Waals surface area contributed by atoms with Crippen LogP contribution in [-0.2, 0) is 4.79 Å². The number of ether oxygens (including phenoxy) is 2. The molecule has 1 N–H and O–H groups in total. The molecular weight excluding hydrogens is 242 g/mol. The maximum atomic E-state index is 11.8. The Morgan fingerprint density at radius 2 is 2.16 bits per heavy atom. The maximum absolute atomic E-state index is 11.8.